The summed E-state index contributed by atoms with van der Waals surface area (Å²) in [6.07, 6.45) is 4.89. The Hall–Kier alpha value is -2.20. The van der Waals surface area contributed by atoms with Crippen molar-refractivity contribution in [2.45, 2.75) is 12.8 Å². The summed E-state index contributed by atoms with van der Waals surface area (Å²) < 4.78 is 0. The second kappa shape index (κ2) is 6.50. The van der Waals surface area contributed by atoms with Crippen LogP contribution in [-0.4, -0.2) is 17.4 Å². The van der Waals surface area contributed by atoms with E-state index >= 15 is 0 Å². The average molecular weight is 296 g/mol. The van der Waals surface area contributed by atoms with Crippen molar-refractivity contribution in [2.24, 2.45) is 0 Å². The highest BCUT2D eigenvalue weighted by molar-refractivity contribution is 7.09. The molecule has 0 bridgehead atoms. The molecule has 1 N–H and O–H groups in total. The van der Waals surface area contributed by atoms with E-state index in [0.717, 1.165) is 22.8 Å². The number of nitrogens with zero attached hydrogens (tertiary/aromatic N) is 1. The fourth-order valence-electron chi connectivity index (χ4n) is 2.36. The zero-order chi connectivity index (χ0) is 14.5. The predicted octanol–water partition coefficient (Wildman–Crippen LogP) is 3.20. The van der Waals surface area contributed by atoms with Crippen LogP contribution < -0.4 is 5.32 Å². The lowest BCUT2D eigenvalue weighted by Gasteiger charge is -2.07. The summed E-state index contributed by atoms with van der Waals surface area (Å²) in [4.78, 5) is 17.5. The van der Waals surface area contributed by atoms with Crippen LogP contribution in [0.1, 0.15) is 10.4 Å². The Morgan fingerprint density at radius 3 is 3.00 bits per heavy atom. The third kappa shape index (κ3) is 3.47. The number of benzene rings is 1. The van der Waals surface area contributed by atoms with Crippen molar-refractivity contribution < 1.29 is 4.79 Å². The van der Waals surface area contributed by atoms with Gasteiger partial charge in [-0.05, 0) is 34.9 Å². The number of carbonyl (C=O) groups is 1. The van der Waals surface area contributed by atoms with Crippen molar-refractivity contribution in [3.8, 4) is 0 Å². The van der Waals surface area contributed by atoms with E-state index in [9.17, 15) is 4.79 Å². The van der Waals surface area contributed by atoms with Gasteiger partial charge >= 0.3 is 0 Å². The second-order valence-corrected chi connectivity index (χ2v) is 5.90. The summed E-state index contributed by atoms with van der Waals surface area (Å²) in [6, 6.07) is 12.1. The predicted molar refractivity (Wildman–Crippen MR) is 86.5 cm³/mol. The van der Waals surface area contributed by atoms with Crippen molar-refractivity contribution in [3.63, 3.8) is 0 Å². The summed E-state index contributed by atoms with van der Waals surface area (Å²) in [7, 11) is 0. The van der Waals surface area contributed by atoms with Crippen molar-refractivity contribution in [1.29, 1.82) is 0 Å². The maximum Gasteiger partial charge on any atom is 0.224 e. The van der Waals surface area contributed by atoms with E-state index in [-0.39, 0.29) is 5.91 Å². The van der Waals surface area contributed by atoms with Crippen molar-refractivity contribution in [3.05, 3.63) is 64.6 Å². The number of thiophene rings is 1. The van der Waals surface area contributed by atoms with Crippen molar-refractivity contribution >= 4 is 28.0 Å². The molecule has 21 heavy (non-hydrogen) atoms. The van der Waals surface area contributed by atoms with Gasteiger partial charge in [0.15, 0.2) is 0 Å². The highest BCUT2D eigenvalue weighted by Gasteiger charge is 2.06. The van der Waals surface area contributed by atoms with Gasteiger partial charge in [0.1, 0.15) is 0 Å². The molecular formula is C17H16N2OS. The van der Waals surface area contributed by atoms with Crippen LogP contribution in [0.3, 0.4) is 0 Å². The van der Waals surface area contributed by atoms with E-state index < -0.39 is 0 Å². The van der Waals surface area contributed by atoms with E-state index in [1.165, 1.54) is 4.88 Å². The Morgan fingerprint density at radius 2 is 2.14 bits per heavy atom. The average Bonchev–Trinajstić information content (AvgIpc) is 3.01. The van der Waals surface area contributed by atoms with Gasteiger partial charge in [0, 0.05) is 29.2 Å². The van der Waals surface area contributed by atoms with E-state index in [1.54, 1.807) is 17.5 Å². The zero-order valence-electron chi connectivity index (χ0n) is 11.6. The first-order valence-corrected chi connectivity index (χ1v) is 7.81. The lowest BCUT2D eigenvalue weighted by molar-refractivity contribution is -0.120. The molecule has 3 aromatic rings. The number of rotatable bonds is 5. The maximum absolute atomic E-state index is 12.1. The minimum Gasteiger partial charge on any atom is -0.355 e. The van der Waals surface area contributed by atoms with Gasteiger partial charge in [0.05, 0.1) is 6.42 Å². The van der Waals surface area contributed by atoms with Crippen LogP contribution in [0.25, 0.3) is 10.8 Å². The van der Waals surface area contributed by atoms with Crippen LogP contribution >= 0.6 is 11.3 Å². The topological polar surface area (TPSA) is 42.0 Å². The molecule has 106 valence electrons. The molecule has 0 unspecified atom stereocenters. The minimum atomic E-state index is 0.0656. The second-order valence-electron chi connectivity index (χ2n) is 4.87. The Labute approximate surface area is 127 Å². The van der Waals surface area contributed by atoms with Gasteiger partial charge in [0.2, 0.25) is 5.91 Å². The SMILES string of the molecule is O=C(Cc1cccc2cnccc12)NCCc1cccs1. The molecule has 0 saturated heterocycles. The van der Waals surface area contributed by atoms with Crippen molar-refractivity contribution in [1.82, 2.24) is 10.3 Å². The van der Waals surface area contributed by atoms with Gasteiger partial charge < -0.3 is 5.32 Å². The van der Waals surface area contributed by atoms with Crippen LogP contribution in [0, 0.1) is 0 Å². The Bertz CT molecular complexity index is 732. The molecule has 3 nitrogen and oxygen atoms in total. The van der Waals surface area contributed by atoms with Crippen molar-refractivity contribution in [2.75, 3.05) is 6.54 Å². The first-order chi connectivity index (χ1) is 10.3. The number of pyridine rings is 1. The van der Waals surface area contributed by atoms with Crippen LogP contribution in [0.5, 0.6) is 0 Å². The quantitative estimate of drug-likeness (QED) is 0.785. The highest BCUT2D eigenvalue weighted by atomic mass is 32.1. The molecule has 0 fully saturated rings. The molecule has 2 heterocycles. The van der Waals surface area contributed by atoms with Gasteiger partial charge in [-0.25, -0.2) is 0 Å². The fraction of sp³-hybridized carbons (Fsp3) is 0.176. The molecule has 1 amide bonds. The first kappa shape index (κ1) is 13.8. The number of aromatic nitrogens is 1. The molecule has 4 heteroatoms. The van der Waals surface area contributed by atoms with E-state index in [4.69, 9.17) is 0 Å². The standard InChI is InChI=1S/C17H16N2OS/c20-17(19-9-6-15-5-2-10-21-15)11-13-3-1-4-14-12-18-8-7-16(13)14/h1-5,7-8,10,12H,6,9,11H2,(H,19,20). The molecule has 1 aromatic carbocycles. The number of fused-ring (bicyclic) bond motifs is 1. The molecule has 3 rings (SSSR count). The molecular weight excluding hydrogens is 280 g/mol. The summed E-state index contributed by atoms with van der Waals surface area (Å²) >= 11 is 1.72. The molecule has 0 aliphatic heterocycles. The lowest BCUT2D eigenvalue weighted by atomic mass is 10.0. The summed E-state index contributed by atoms with van der Waals surface area (Å²) in [6.45, 7) is 0.686. The van der Waals surface area contributed by atoms with Gasteiger partial charge in [-0.15, -0.1) is 11.3 Å². The Balaban J connectivity index is 1.61. The highest BCUT2D eigenvalue weighted by Crippen LogP contribution is 2.17. The molecule has 0 atom stereocenters. The number of carbonyl (C=O) groups excluding carboxylic acids is 1. The Kier molecular flexibility index (Phi) is 4.26. The molecule has 0 aliphatic rings. The van der Waals surface area contributed by atoms with Gasteiger partial charge in [0.25, 0.3) is 0 Å². The normalized spacial score (nSPS) is 10.7. The number of hydrogen-bond acceptors (Lipinski definition) is 3. The number of hydrogen-bond donors (Lipinski definition) is 1. The van der Waals surface area contributed by atoms with E-state index in [1.807, 2.05) is 36.5 Å². The Morgan fingerprint density at radius 1 is 1.19 bits per heavy atom. The summed E-state index contributed by atoms with van der Waals surface area (Å²) in [5, 5.41) is 7.21. The third-order valence-electron chi connectivity index (χ3n) is 3.40. The minimum absolute atomic E-state index is 0.0656. The molecule has 0 radical (unpaired) electrons. The van der Waals surface area contributed by atoms with Crippen LogP contribution in [0.2, 0.25) is 0 Å². The monoisotopic (exact) mass is 296 g/mol. The number of amides is 1. The zero-order valence-corrected chi connectivity index (χ0v) is 12.4. The molecule has 2 aromatic heterocycles. The molecule has 0 spiro atoms. The fourth-order valence-corrected chi connectivity index (χ4v) is 3.07. The number of nitrogens with one attached hydrogen (secondary N) is 1. The molecule has 0 aliphatic carbocycles. The van der Waals surface area contributed by atoms with Gasteiger partial charge in [-0.3, -0.25) is 9.78 Å². The van der Waals surface area contributed by atoms with Crippen LogP contribution in [-0.2, 0) is 17.6 Å². The maximum atomic E-state index is 12.1. The van der Waals surface area contributed by atoms with E-state index in [2.05, 4.69) is 21.7 Å². The third-order valence-corrected chi connectivity index (χ3v) is 4.33. The summed E-state index contributed by atoms with van der Waals surface area (Å²) in [5.74, 6) is 0.0656. The summed E-state index contributed by atoms with van der Waals surface area (Å²) in [5.41, 5.74) is 1.04. The van der Waals surface area contributed by atoms with Gasteiger partial charge in [-0.1, -0.05) is 24.3 Å². The van der Waals surface area contributed by atoms with Gasteiger partial charge in [-0.2, -0.15) is 0 Å². The smallest absolute Gasteiger partial charge is 0.224 e. The van der Waals surface area contributed by atoms with Crippen LogP contribution in [0.15, 0.2) is 54.2 Å². The lowest BCUT2D eigenvalue weighted by Crippen LogP contribution is -2.27. The van der Waals surface area contributed by atoms with Crippen LogP contribution in [0.4, 0.5) is 0 Å². The van der Waals surface area contributed by atoms with E-state index in [0.29, 0.717) is 13.0 Å². The molecule has 0 saturated carbocycles. The largest absolute Gasteiger partial charge is 0.355 e. The first-order valence-electron chi connectivity index (χ1n) is 6.93.